The summed E-state index contributed by atoms with van der Waals surface area (Å²) < 4.78 is 0. The van der Waals surface area contributed by atoms with Gasteiger partial charge in [-0.3, -0.25) is 0 Å². The predicted molar refractivity (Wildman–Crippen MR) is 22.4 cm³/mol. The molecule has 0 aromatic carbocycles. The van der Waals surface area contributed by atoms with Crippen molar-refractivity contribution < 1.29 is 5.48 Å². The molecule has 0 aromatic heterocycles. The first kappa shape index (κ1) is 53.8. The summed E-state index contributed by atoms with van der Waals surface area (Å²) in [4.78, 5) is 0. The summed E-state index contributed by atoms with van der Waals surface area (Å²) in [6.07, 6.45) is 0. The maximum atomic E-state index is 0. The zero-order valence-electron chi connectivity index (χ0n) is 1.91. The Balaban J connectivity index is 0. The van der Waals surface area contributed by atoms with E-state index in [2.05, 4.69) is 0 Å². The van der Waals surface area contributed by atoms with E-state index in [1.165, 1.54) is 0 Å². The minimum atomic E-state index is 0. The van der Waals surface area contributed by atoms with Crippen molar-refractivity contribution in [3.63, 3.8) is 0 Å². The van der Waals surface area contributed by atoms with Gasteiger partial charge >= 0.3 is 0 Å². The standard InChI is InChI=1S/ClH.H2O.Pb.Si/h1H;1H2;;. The molecule has 0 heterocycles. The Kier molecular flexibility index (Phi) is 351. The van der Waals surface area contributed by atoms with E-state index in [1.807, 2.05) is 0 Å². The second-order valence-electron chi connectivity index (χ2n) is 0. The van der Waals surface area contributed by atoms with Crippen LogP contribution in [-0.2, 0) is 0 Å². The van der Waals surface area contributed by atoms with Crippen LogP contribution in [0.3, 0.4) is 0 Å². The van der Waals surface area contributed by atoms with Gasteiger partial charge in [0.2, 0.25) is 0 Å². The molecule has 8 radical (unpaired) electrons. The third kappa shape index (κ3) is 10.0. The van der Waals surface area contributed by atoms with E-state index < -0.39 is 0 Å². The molecule has 0 saturated carbocycles. The van der Waals surface area contributed by atoms with Crippen LogP contribution in [0.25, 0.3) is 0 Å². The van der Waals surface area contributed by atoms with Crippen molar-refractivity contribution in [1.82, 2.24) is 0 Å². The van der Waals surface area contributed by atoms with Gasteiger partial charge in [0, 0.05) is 38.3 Å². The van der Waals surface area contributed by atoms with Gasteiger partial charge < -0.3 is 5.48 Å². The minimum absolute atomic E-state index is 0. The van der Waals surface area contributed by atoms with Crippen LogP contribution >= 0.6 is 12.4 Å². The fourth-order valence-electron chi connectivity index (χ4n) is 0. The molecular formula is H3ClOPbSi. The van der Waals surface area contributed by atoms with Gasteiger partial charge in [0.15, 0.2) is 0 Å². The second kappa shape index (κ2) is 26.1. The van der Waals surface area contributed by atoms with E-state index in [4.69, 9.17) is 0 Å². The Morgan fingerprint density at radius 1 is 1.00 bits per heavy atom. The normalized spacial score (nSPS) is 0. The molecule has 4 heteroatoms. The quantitative estimate of drug-likeness (QED) is 0.504. The van der Waals surface area contributed by atoms with Crippen molar-refractivity contribution in [1.29, 1.82) is 0 Å². The first-order valence-corrected chi connectivity index (χ1v) is 0. The Labute approximate surface area is 56.1 Å². The van der Waals surface area contributed by atoms with Crippen LogP contribution in [0, 0.1) is 0 Å². The largest absolute Gasteiger partial charge is 0.412 e. The van der Waals surface area contributed by atoms with Gasteiger partial charge in [0.25, 0.3) is 0 Å². The summed E-state index contributed by atoms with van der Waals surface area (Å²) in [7, 11) is 0. The van der Waals surface area contributed by atoms with E-state index in [1.54, 1.807) is 0 Å². The second-order valence-corrected chi connectivity index (χ2v) is 0. The number of rotatable bonds is 0. The van der Waals surface area contributed by atoms with Crippen LogP contribution in [0.15, 0.2) is 0 Å². The molecule has 0 saturated heterocycles. The van der Waals surface area contributed by atoms with Crippen molar-refractivity contribution in [3.8, 4) is 0 Å². The van der Waals surface area contributed by atoms with Crippen molar-refractivity contribution in [2.45, 2.75) is 0 Å². The Morgan fingerprint density at radius 2 is 1.00 bits per heavy atom. The van der Waals surface area contributed by atoms with Crippen LogP contribution in [0.4, 0.5) is 0 Å². The van der Waals surface area contributed by atoms with E-state index >= 15 is 0 Å². The van der Waals surface area contributed by atoms with Crippen LogP contribution < -0.4 is 0 Å². The molecular weight excluding hydrogens is 287 g/mol. The third-order valence-corrected chi connectivity index (χ3v) is 0. The van der Waals surface area contributed by atoms with Gasteiger partial charge in [-0.2, -0.15) is 0 Å². The van der Waals surface area contributed by atoms with Gasteiger partial charge in [-0.1, -0.05) is 0 Å². The predicted octanol–water partition coefficient (Wildman–Crippen LogP) is -1.16. The molecule has 0 aliphatic heterocycles. The zero-order valence-corrected chi connectivity index (χ0v) is 7.61. The van der Waals surface area contributed by atoms with Crippen LogP contribution in [0.5, 0.6) is 0 Å². The molecule has 0 aliphatic rings. The average molecular weight is 290 g/mol. The van der Waals surface area contributed by atoms with Gasteiger partial charge in [-0.25, -0.2) is 0 Å². The molecule has 0 fully saturated rings. The van der Waals surface area contributed by atoms with E-state index in [-0.39, 0.29) is 56.1 Å². The molecule has 4 heavy (non-hydrogen) atoms. The van der Waals surface area contributed by atoms with Gasteiger partial charge in [-0.05, 0) is 0 Å². The van der Waals surface area contributed by atoms with E-state index in [9.17, 15) is 0 Å². The Morgan fingerprint density at radius 3 is 1.00 bits per heavy atom. The zero-order chi connectivity index (χ0) is 0. The minimum Gasteiger partial charge on any atom is -0.412 e. The maximum Gasteiger partial charge on any atom is 0 e. The van der Waals surface area contributed by atoms with Gasteiger partial charge in [-0.15, -0.1) is 12.4 Å². The molecule has 2 N–H and O–H groups in total. The third-order valence-electron chi connectivity index (χ3n) is 0. The fraction of sp³-hybridized carbons (Fsp3) is 0. The topological polar surface area (TPSA) is 31.5 Å². The van der Waals surface area contributed by atoms with E-state index in [0.29, 0.717) is 0 Å². The number of hydrogen-bond donors (Lipinski definition) is 0. The van der Waals surface area contributed by atoms with Gasteiger partial charge in [0.1, 0.15) is 0 Å². The summed E-state index contributed by atoms with van der Waals surface area (Å²) in [5, 5.41) is 0. The van der Waals surface area contributed by atoms with Crippen LogP contribution in [-0.4, -0.2) is 43.7 Å². The average Bonchev–Trinajstić information content (AvgIpc) is 0. The van der Waals surface area contributed by atoms with Gasteiger partial charge in [0.05, 0.1) is 0 Å². The molecule has 0 unspecified atom stereocenters. The SMILES string of the molecule is Cl.O.[Pb].[Si]. The molecule has 0 rings (SSSR count). The summed E-state index contributed by atoms with van der Waals surface area (Å²) in [5.74, 6) is 0. The summed E-state index contributed by atoms with van der Waals surface area (Å²) in [6, 6.07) is 0. The van der Waals surface area contributed by atoms with Crippen molar-refractivity contribution in [2.24, 2.45) is 0 Å². The van der Waals surface area contributed by atoms with Crippen LogP contribution in [0.1, 0.15) is 0 Å². The molecule has 0 atom stereocenters. The maximum absolute atomic E-state index is 0. The molecule has 0 aliphatic carbocycles. The molecule has 0 amide bonds. The Bertz CT molecular complexity index is 8.00. The first-order chi connectivity index (χ1) is 0. The smallest absolute Gasteiger partial charge is 0 e. The fourth-order valence-corrected chi connectivity index (χ4v) is 0. The number of hydrogen-bond acceptors (Lipinski definition) is 0. The van der Waals surface area contributed by atoms with Crippen molar-refractivity contribution in [3.05, 3.63) is 0 Å². The monoisotopic (exact) mass is 290 g/mol. The molecule has 24 valence electrons. The summed E-state index contributed by atoms with van der Waals surface area (Å²) in [6.45, 7) is 0. The van der Waals surface area contributed by atoms with E-state index in [0.717, 1.165) is 0 Å². The summed E-state index contributed by atoms with van der Waals surface area (Å²) >= 11 is 0. The molecule has 0 spiro atoms. The number of halogens is 1. The molecule has 0 aromatic rings. The van der Waals surface area contributed by atoms with Crippen molar-refractivity contribution >= 4 is 50.7 Å². The Hall–Kier alpha value is 1.39. The van der Waals surface area contributed by atoms with Crippen LogP contribution in [0.2, 0.25) is 0 Å². The molecule has 1 nitrogen and oxygen atoms in total. The molecule has 0 bridgehead atoms. The summed E-state index contributed by atoms with van der Waals surface area (Å²) in [5.41, 5.74) is 0. The first-order valence-electron chi connectivity index (χ1n) is 0. The van der Waals surface area contributed by atoms with Crippen molar-refractivity contribution in [2.75, 3.05) is 0 Å².